The molecule has 0 aromatic carbocycles. The summed E-state index contributed by atoms with van der Waals surface area (Å²) >= 11 is 3.31. The van der Waals surface area contributed by atoms with E-state index in [1.165, 1.54) is 12.8 Å². The van der Waals surface area contributed by atoms with E-state index in [1.807, 2.05) is 0 Å². The van der Waals surface area contributed by atoms with E-state index in [1.54, 1.807) is 12.4 Å². The molecule has 0 unspecified atom stereocenters. The molecule has 4 nitrogen and oxygen atoms in total. The van der Waals surface area contributed by atoms with Crippen molar-refractivity contribution in [2.45, 2.75) is 24.9 Å². The molecule has 0 amide bonds. The van der Waals surface area contributed by atoms with Crippen LogP contribution in [0.5, 0.6) is 0 Å². The highest BCUT2D eigenvalue weighted by atomic mass is 79.9. The van der Waals surface area contributed by atoms with Crippen molar-refractivity contribution >= 4 is 21.9 Å². The molecule has 1 saturated heterocycles. The Morgan fingerprint density at radius 2 is 2.13 bits per heavy atom. The van der Waals surface area contributed by atoms with Crippen LogP contribution in [-0.2, 0) is 0 Å². The van der Waals surface area contributed by atoms with Gasteiger partial charge in [-0.15, -0.1) is 0 Å². The molecule has 1 N–H and O–H groups in total. The number of piperidine rings is 1. The molecule has 3 atom stereocenters. The van der Waals surface area contributed by atoms with Crippen LogP contribution >= 0.6 is 15.9 Å². The molecule has 5 heteroatoms. The second-order valence-electron chi connectivity index (χ2n) is 4.21. The van der Waals surface area contributed by atoms with Crippen LogP contribution in [0.15, 0.2) is 16.9 Å². The fraction of sp³-hybridized carbons (Fsp3) is 0.600. The van der Waals surface area contributed by atoms with Gasteiger partial charge < -0.3 is 5.32 Å². The third-order valence-electron chi connectivity index (χ3n) is 2.98. The van der Waals surface area contributed by atoms with Gasteiger partial charge in [0.25, 0.3) is 0 Å². The normalized spacial score (nSPS) is 32.5. The number of hydrogen-bond donors (Lipinski definition) is 1. The van der Waals surface area contributed by atoms with Crippen LogP contribution in [0.25, 0.3) is 0 Å². The molecule has 15 heavy (non-hydrogen) atoms. The molecule has 1 aromatic rings. The van der Waals surface area contributed by atoms with Crippen LogP contribution in [0.1, 0.15) is 12.8 Å². The van der Waals surface area contributed by atoms with E-state index >= 15 is 0 Å². The van der Waals surface area contributed by atoms with E-state index in [-0.39, 0.29) is 0 Å². The Hall–Kier alpha value is -0.680. The van der Waals surface area contributed by atoms with Crippen molar-refractivity contribution in [3.05, 3.63) is 16.9 Å². The smallest absolute Gasteiger partial charge is 0.222 e. The van der Waals surface area contributed by atoms with Gasteiger partial charge in [-0.1, -0.05) is 0 Å². The first-order chi connectivity index (χ1) is 7.31. The third kappa shape index (κ3) is 2.13. The van der Waals surface area contributed by atoms with Crippen molar-refractivity contribution < 1.29 is 0 Å². The summed E-state index contributed by atoms with van der Waals surface area (Å²) in [7, 11) is 0. The van der Waals surface area contributed by atoms with Crippen LogP contribution in [0.4, 0.5) is 5.95 Å². The second-order valence-corrected chi connectivity index (χ2v) is 5.12. The van der Waals surface area contributed by atoms with Crippen molar-refractivity contribution in [3.8, 4) is 0 Å². The lowest BCUT2D eigenvalue weighted by Crippen LogP contribution is -2.27. The Balaban J connectivity index is 1.51. The average Bonchev–Trinajstić information content (AvgIpc) is 2.86. The van der Waals surface area contributed by atoms with Crippen molar-refractivity contribution in [2.75, 3.05) is 11.9 Å². The Kier molecular flexibility index (Phi) is 2.36. The lowest BCUT2D eigenvalue weighted by atomic mass is 10.2. The highest BCUT2D eigenvalue weighted by Gasteiger charge is 2.46. The molecular weight excluding hydrogens is 256 g/mol. The van der Waals surface area contributed by atoms with E-state index in [9.17, 15) is 0 Å². The maximum Gasteiger partial charge on any atom is 0.222 e. The molecule has 2 heterocycles. The van der Waals surface area contributed by atoms with Crippen LogP contribution in [0, 0.1) is 5.92 Å². The van der Waals surface area contributed by atoms with Crippen molar-refractivity contribution in [1.82, 2.24) is 15.3 Å². The van der Waals surface area contributed by atoms with Crippen LogP contribution < -0.4 is 10.6 Å². The minimum absolute atomic E-state index is 0.473. The first-order valence-electron chi connectivity index (χ1n) is 5.22. The van der Waals surface area contributed by atoms with Gasteiger partial charge in [0.05, 0.1) is 4.47 Å². The molecule has 0 spiro atoms. The van der Waals surface area contributed by atoms with E-state index < -0.39 is 0 Å². The number of nitrogens with zero attached hydrogens (tertiary/aromatic N) is 3. The Morgan fingerprint density at radius 1 is 1.33 bits per heavy atom. The summed E-state index contributed by atoms with van der Waals surface area (Å²) in [5.74, 6) is 1.58. The lowest BCUT2D eigenvalue weighted by Gasteiger charge is -2.11. The van der Waals surface area contributed by atoms with Gasteiger partial charge >= 0.3 is 0 Å². The zero-order valence-electron chi connectivity index (χ0n) is 8.23. The predicted molar refractivity (Wildman–Crippen MR) is 60.7 cm³/mol. The summed E-state index contributed by atoms with van der Waals surface area (Å²) in [5, 5.41) is 7.89. The number of hydrogen-bond acceptors (Lipinski definition) is 3. The molecule has 1 saturated carbocycles. The summed E-state index contributed by atoms with van der Waals surface area (Å²) in [6.07, 6.45) is 6.07. The Bertz CT molecular complexity index is 343. The number of rotatable bonds is 3. The quantitative estimate of drug-likeness (QED) is 0.901. The Morgan fingerprint density at radius 3 is 2.80 bits per heavy atom. The molecule has 2 aliphatic rings. The van der Waals surface area contributed by atoms with Gasteiger partial charge in [0.15, 0.2) is 0 Å². The standard InChI is InChI=1S/C10H12BrN4/c11-7-3-12-10(13-4-7)14-5-8-1-6-2-9(6)15-8/h3-4,6,8-9H,1-2,5H2,(H,12,13,14)/t6-,8+,9+/m1/s1. The van der Waals surface area contributed by atoms with Gasteiger partial charge in [-0.25, -0.2) is 15.3 Å². The monoisotopic (exact) mass is 267 g/mol. The third-order valence-corrected chi connectivity index (χ3v) is 3.39. The summed E-state index contributed by atoms with van der Waals surface area (Å²) in [4.78, 5) is 8.32. The molecule has 2 fully saturated rings. The molecule has 1 aliphatic heterocycles. The van der Waals surface area contributed by atoms with E-state index in [4.69, 9.17) is 0 Å². The summed E-state index contributed by atoms with van der Waals surface area (Å²) in [6.45, 7) is 0.870. The molecule has 3 rings (SSSR count). The maximum absolute atomic E-state index is 4.67. The highest BCUT2D eigenvalue weighted by molar-refractivity contribution is 9.10. The van der Waals surface area contributed by atoms with Gasteiger partial charge in [-0.3, -0.25) is 0 Å². The van der Waals surface area contributed by atoms with Gasteiger partial charge in [0.2, 0.25) is 5.95 Å². The van der Waals surface area contributed by atoms with Crippen molar-refractivity contribution in [3.63, 3.8) is 0 Å². The fourth-order valence-corrected chi connectivity index (χ4v) is 2.30. The van der Waals surface area contributed by atoms with Crippen LogP contribution in [0.3, 0.4) is 0 Å². The highest BCUT2D eigenvalue weighted by Crippen LogP contribution is 2.41. The van der Waals surface area contributed by atoms with Crippen molar-refractivity contribution in [1.29, 1.82) is 0 Å². The van der Waals surface area contributed by atoms with Gasteiger partial charge in [-0.05, 0) is 34.7 Å². The molecular formula is C10H12BrN4. The number of halogens is 1. The van der Waals surface area contributed by atoms with Gasteiger partial charge in [0, 0.05) is 31.0 Å². The molecule has 0 bridgehead atoms. The zero-order valence-corrected chi connectivity index (χ0v) is 9.81. The fourth-order valence-electron chi connectivity index (χ4n) is 2.10. The summed E-state index contributed by atoms with van der Waals surface area (Å²) in [6, 6.07) is 1.16. The lowest BCUT2D eigenvalue weighted by molar-refractivity contribution is 0.550. The SMILES string of the molecule is Brc1cnc(NC[C@@H]2C[C@@H]3C[C@@H]3[N]2)nc1. The summed E-state index contributed by atoms with van der Waals surface area (Å²) < 4.78 is 0.903. The number of aromatic nitrogens is 2. The average molecular weight is 268 g/mol. The molecule has 1 aromatic heterocycles. The number of anilines is 1. The minimum Gasteiger partial charge on any atom is -0.353 e. The van der Waals surface area contributed by atoms with Gasteiger partial charge in [-0.2, -0.15) is 0 Å². The topological polar surface area (TPSA) is 51.9 Å². The maximum atomic E-state index is 4.67. The minimum atomic E-state index is 0.473. The number of nitrogens with one attached hydrogen (secondary N) is 1. The van der Waals surface area contributed by atoms with E-state index in [2.05, 4.69) is 36.5 Å². The van der Waals surface area contributed by atoms with Gasteiger partial charge in [0.1, 0.15) is 0 Å². The van der Waals surface area contributed by atoms with E-state index in [0.29, 0.717) is 18.0 Å². The van der Waals surface area contributed by atoms with Crippen LogP contribution in [-0.4, -0.2) is 28.6 Å². The largest absolute Gasteiger partial charge is 0.353 e. The Labute approximate surface area is 97.0 Å². The zero-order chi connectivity index (χ0) is 10.3. The first kappa shape index (κ1) is 9.54. The van der Waals surface area contributed by atoms with Crippen LogP contribution in [0.2, 0.25) is 0 Å². The molecule has 79 valence electrons. The number of fused-ring (bicyclic) bond motifs is 1. The molecule has 1 aliphatic carbocycles. The first-order valence-corrected chi connectivity index (χ1v) is 6.02. The predicted octanol–water partition coefficient (Wildman–Crippen LogP) is 1.42. The molecule has 1 radical (unpaired) electrons. The van der Waals surface area contributed by atoms with E-state index in [0.717, 1.165) is 16.9 Å². The van der Waals surface area contributed by atoms with Crippen molar-refractivity contribution in [2.24, 2.45) is 5.92 Å². The summed E-state index contributed by atoms with van der Waals surface area (Å²) in [5.41, 5.74) is 0. The second kappa shape index (κ2) is 3.72.